The van der Waals surface area contributed by atoms with Crippen molar-refractivity contribution in [1.29, 1.82) is 0 Å². The summed E-state index contributed by atoms with van der Waals surface area (Å²) >= 11 is 0. The molecule has 7 nitrogen and oxygen atoms in total. The average molecular weight is 426 g/mol. The van der Waals surface area contributed by atoms with E-state index in [4.69, 9.17) is 0 Å². The molecule has 0 bridgehead atoms. The van der Waals surface area contributed by atoms with Gasteiger partial charge < -0.3 is 10.2 Å². The molecule has 166 valence electrons. The minimum Gasteiger partial charge on any atom is -0.355 e. The quantitative estimate of drug-likeness (QED) is 0.486. The van der Waals surface area contributed by atoms with Crippen LogP contribution in [0.5, 0.6) is 0 Å². The maximum absolute atomic E-state index is 13.2. The molecule has 3 atom stereocenters. The van der Waals surface area contributed by atoms with E-state index >= 15 is 0 Å². The number of likely N-dealkylation sites (N-methyl/N-ethyl adjacent to an activating group) is 1. The molecule has 0 radical (unpaired) electrons. The van der Waals surface area contributed by atoms with E-state index in [9.17, 15) is 19.2 Å². The molecule has 1 aliphatic heterocycles. The first-order valence-electron chi connectivity index (χ1n) is 11.1. The smallest absolute Gasteiger partial charge is 0.242 e. The molecular formula is C24H31N3O4. The summed E-state index contributed by atoms with van der Waals surface area (Å²) in [6.45, 7) is 4.55. The van der Waals surface area contributed by atoms with Gasteiger partial charge in [0, 0.05) is 26.1 Å². The molecule has 1 fully saturated rings. The fraction of sp³-hybridized carbons (Fsp3) is 0.500. The Morgan fingerprint density at radius 2 is 1.68 bits per heavy atom. The average Bonchev–Trinajstić information content (AvgIpc) is 3.03. The van der Waals surface area contributed by atoms with Crippen molar-refractivity contribution in [1.82, 2.24) is 15.1 Å². The predicted octanol–water partition coefficient (Wildman–Crippen LogP) is 2.27. The second kappa shape index (κ2) is 10.4. The number of hydrogen-bond donors (Lipinski definition) is 1. The molecule has 1 N–H and O–H groups in total. The van der Waals surface area contributed by atoms with Gasteiger partial charge in [-0.25, -0.2) is 0 Å². The third kappa shape index (κ3) is 5.03. The fourth-order valence-electron chi connectivity index (χ4n) is 4.43. The third-order valence-corrected chi connectivity index (χ3v) is 6.08. The molecule has 7 heteroatoms. The number of nitrogens with one attached hydrogen (secondary N) is 1. The van der Waals surface area contributed by atoms with E-state index in [2.05, 4.69) is 5.32 Å². The molecule has 1 aromatic rings. The zero-order valence-corrected chi connectivity index (χ0v) is 18.3. The van der Waals surface area contributed by atoms with Crippen LogP contribution in [-0.2, 0) is 25.7 Å². The standard InChI is InChI=1S/C24H31N3O4/c1-3-20(22(29)25-4-2)27(16-17-10-6-5-7-11-17)21(28)14-15-26-23(30)18-12-8-9-13-19(18)24(26)31/h5-11,18-20H,3-4,12-16H2,1-2H3,(H,25,29)/t18-,19+,20?. The van der Waals surface area contributed by atoms with E-state index in [0.717, 1.165) is 5.56 Å². The summed E-state index contributed by atoms with van der Waals surface area (Å²) in [6, 6.07) is 8.90. The molecule has 1 aliphatic carbocycles. The van der Waals surface area contributed by atoms with E-state index in [-0.39, 0.29) is 48.4 Å². The highest BCUT2D eigenvalue weighted by molar-refractivity contribution is 6.05. The minimum atomic E-state index is -0.607. The number of benzene rings is 1. The van der Waals surface area contributed by atoms with Crippen LogP contribution in [0, 0.1) is 11.8 Å². The molecule has 1 unspecified atom stereocenters. The number of fused-ring (bicyclic) bond motifs is 1. The highest BCUT2D eigenvalue weighted by Crippen LogP contribution is 2.35. The van der Waals surface area contributed by atoms with Gasteiger partial charge in [-0.2, -0.15) is 0 Å². The Bertz CT molecular complexity index is 826. The molecule has 2 aliphatic rings. The number of carbonyl (C=O) groups is 4. The first-order chi connectivity index (χ1) is 15.0. The molecule has 3 rings (SSSR count). The summed E-state index contributed by atoms with van der Waals surface area (Å²) in [4.78, 5) is 54.0. The number of carbonyl (C=O) groups excluding carboxylic acids is 4. The second-order valence-corrected chi connectivity index (χ2v) is 8.06. The van der Waals surface area contributed by atoms with Crippen LogP contribution in [0.4, 0.5) is 0 Å². The topological polar surface area (TPSA) is 86.8 Å². The van der Waals surface area contributed by atoms with E-state index in [1.165, 1.54) is 4.90 Å². The first-order valence-corrected chi connectivity index (χ1v) is 11.1. The SMILES string of the molecule is CCNC(=O)C(CC)N(Cc1ccccc1)C(=O)CCN1C(=O)[C@H]2CC=CC[C@H]2C1=O. The summed E-state index contributed by atoms with van der Waals surface area (Å²) in [5, 5.41) is 2.80. The van der Waals surface area contributed by atoms with Crippen molar-refractivity contribution in [2.45, 2.75) is 52.1 Å². The second-order valence-electron chi connectivity index (χ2n) is 8.06. The summed E-state index contributed by atoms with van der Waals surface area (Å²) in [6.07, 6.45) is 5.53. The van der Waals surface area contributed by atoms with Crippen molar-refractivity contribution in [3.8, 4) is 0 Å². The molecule has 4 amide bonds. The van der Waals surface area contributed by atoms with E-state index in [1.54, 1.807) is 4.90 Å². The maximum atomic E-state index is 13.2. The van der Waals surface area contributed by atoms with Gasteiger partial charge in [-0.15, -0.1) is 0 Å². The third-order valence-electron chi connectivity index (χ3n) is 6.08. The number of allylic oxidation sites excluding steroid dienone is 2. The van der Waals surface area contributed by atoms with E-state index < -0.39 is 6.04 Å². The Labute approximate surface area is 183 Å². The van der Waals surface area contributed by atoms with Gasteiger partial charge in [0.25, 0.3) is 0 Å². The van der Waals surface area contributed by atoms with Crippen LogP contribution in [0.25, 0.3) is 0 Å². The Balaban J connectivity index is 1.72. The van der Waals surface area contributed by atoms with Gasteiger partial charge in [-0.05, 0) is 31.7 Å². The van der Waals surface area contributed by atoms with Crippen molar-refractivity contribution < 1.29 is 19.2 Å². The number of likely N-dealkylation sites (tertiary alicyclic amines) is 1. The zero-order chi connectivity index (χ0) is 22.4. The van der Waals surface area contributed by atoms with Crippen molar-refractivity contribution >= 4 is 23.6 Å². The van der Waals surface area contributed by atoms with Gasteiger partial charge in [0.05, 0.1) is 11.8 Å². The van der Waals surface area contributed by atoms with Gasteiger partial charge in [0.15, 0.2) is 0 Å². The van der Waals surface area contributed by atoms with Gasteiger partial charge >= 0.3 is 0 Å². The number of rotatable bonds is 9. The summed E-state index contributed by atoms with van der Waals surface area (Å²) in [5.41, 5.74) is 0.920. The molecule has 0 spiro atoms. The van der Waals surface area contributed by atoms with Crippen molar-refractivity contribution in [3.63, 3.8) is 0 Å². The van der Waals surface area contributed by atoms with Gasteiger partial charge in [-0.1, -0.05) is 49.4 Å². The molecule has 0 aromatic heterocycles. The number of amides is 4. The molecule has 1 aromatic carbocycles. The minimum absolute atomic E-state index is 0.00703. The zero-order valence-electron chi connectivity index (χ0n) is 18.3. The van der Waals surface area contributed by atoms with Crippen molar-refractivity contribution in [2.24, 2.45) is 11.8 Å². The van der Waals surface area contributed by atoms with E-state index in [0.29, 0.717) is 32.4 Å². The predicted molar refractivity (Wildman–Crippen MR) is 116 cm³/mol. The monoisotopic (exact) mass is 425 g/mol. The normalized spacial score (nSPS) is 21.0. The Hall–Kier alpha value is -2.96. The molecule has 0 saturated carbocycles. The molecular weight excluding hydrogens is 394 g/mol. The van der Waals surface area contributed by atoms with Crippen LogP contribution < -0.4 is 5.32 Å². The first kappa shape index (κ1) is 22.7. The Morgan fingerprint density at radius 1 is 1.06 bits per heavy atom. The molecule has 31 heavy (non-hydrogen) atoms. The summed E-state index contributed by atoms with van der Waals surface area (Å²) in [5.74, 6) is -1.40. The lowest BCUT2D eigenvalue weighted by atomic mass is 9.85. The van der Waals surface area contributed by atoms with Crippen LogP contribution in [-0.4, -0.2) is 52.6 Å². The lowest BCUT2D eigenvalue weighted by Gasteiger charge is -2.31. The van der Waals surface area contributed by atoms with Crippen molar-refractivity contribution in [2.75, 3.05) is 13.1 Å². The van der Waals surface area contributed by atoms with Crippen LogP contribution in [0.3, 0.4) is 0 Å². The summed E-state index contributed by atoms with van der Waals surface area (Å²) < 4.78 is 0. The van der Waals surface area contributed by atoms with Gasteiger partial charge in [0.1, 0.15) is 6.04 Å². The molecule has 1 heterocycles. The van der Waals surface area contributed by atoms with Gasteiger partial charge in [0.2, 0.25) is 23.6 Å². The highest BCUT2D eigenvalue weighted by atomic mass is 16.2. The number of nitrogens with zero attached hydrogens (tertiary/aromatic N) is 2. The van der Waals surface area contributed by atoms with Crippen LogP contribution >= 0.6 is 0 Å². The van der Waals surface area contributed by atoms with Gasteiger partial charge in [-0.3, -0.25) is 24.1 Å². The largest absolute Gasteiger partial charge is 0.355 e. The Morgan fingerprint density at radius 3 is 2.23 bits per heavy atom. The Kier molecular flexibility index (Phi) is 7.60. The lowest BCUT2D eigenvalue weighted by Crippen LogP contribution is -2.49. The molecule has 1 saturated heterocycles. The number of hydrogen-bond acceptors (Lipinski definition) is 4. The van der Waals surface area contributed by atoms with Crippen LogP contribution in [0.15, 0.2) is 42.5 Å². The number of imide groups is 1. The van der Waals surface area contributed by atoms with E-state index in [1.807, 2.05) is 56.3 Å². The summed E-state index contributed by atoms with van der Waals surface area (Å²) in [7, 11) is 0. The van der Waals surface area contributed by atoms with Crippen molar-refractivity contribution in [3.05, 3.63) is 48.0 Å². The van der Waals surface area contributed by atoms with Crippen LogP contribution in [0.2, 0.25) is 0 Å². The van der Waals surface area contributed by atoms with Crippen LogP contribution in [0.1, 0.15) is 45.1 Å². The fourth-order valence-corrected chi connectivity index (χ4v) is 4.43. The maximum Gasteiger partial charge on any atom is 0.242 e. The highest BCUT2D eigenvalue weighted by Gasteiger charge is 2.47. The lowest BCUT2D eigenvalue weighted by molar-refractivity contribution is -0.144.